The second kappa shape index (κ2) is 11.0. The number of rotatable bonds is 9. The Morgan fingerprint density at radius 2 is 2.12 bits per heavy atom. The maximum Gasteiger partial charge on any atom is 0.150 e. The van der Waals surface area contributed by atoms with E-state index in [9.17, 15) is 0 Å². The molecular formula is C24H29N5O3. The van der Waals surface area contributed by atoms with Gasteiger partial charge in [-0.3, -0.25) is 9.88 Å². The molecule has 8 heteroatoms. The molecule has 0 saturated carbocycles. The first-order chi connectivity index (χ1) is 15.7. The lowest BCUT2D eigenvalue weighted by atomic mass is 10.1. The molecule has 3 aromatic rings. The lowest BCUT2D eigenvalue weighted by Crippen LogP contribution is -2.38. The Morgan fingerprint density at radius 1 is 1.19 bits per heavy atom. The van der Waals surface area contributed by atoms with E-state index in [2.05, 4.69) is 32.3 Å². The number of nitrogens with zero attached hydrogens (tertiary/aromatic N) is 4. The minimum absolute atomic E-state index is 0.106. The predicted octanol–water partition coefficient (Wildman–Crippen LogP) is 3.73. The third kappa shape index (κ3) is 5.79. The van der Waals surface area contributed by atoms with Gasteiger partial charge >= 0.3 is 0 Å². The summed E-state index contributed by atoms with van der Waals surface area (Å²) in [4.78, 5) is 15.5. The van der Waals surface area contributed by atoms with Crippen LogP contribution < -0.4 is 10.1 Å². The topological polar surface area (TPSA) is 81.6 Å². The van der Waals surface area contributed by atoms with Crippen molar-refractivity contribution in [2.24, 2.45) is 0 Å². The number of methoxy groups -OCH3 is 1. The number of nitrogens with one attached hydrogen (secondary N) is 1. The molecule has 1 saturated heterocycles. The molecular weight excluding hydrogens is 406 g/mol. The van der Waals surface area contributed by atoms with E-state index < -0.39 is 0 Å². The van der Waals surface area contributed by atoms with Crippen molar-refractivity contribution >= 4 is 11.6 Å². The summed E-state index contributed by atoms with van der Waals surface area (Å²) in [5.41, 5.74) is 3.19. The molecule has 1 fully saturated rings. The monoisotopic (exact) mass is 435 g/mol. The van der Waals surface area contributed by atoms with E-state index in [1.54, 1.807) is 25.7 Å². The maximum atomic E-state index is 6.07. The van der Waals surface area contributed by atoms with Crippen LogP contribution in [0.15, 0.2) is 55.0 Å². The van der Waals surface area contributed by atoms with Gasteiger partial charge < -0.3 is 19.5 Å². The lowest BCUT2D eigenvalue weighted by molar-refractivity contribution is -0.0351. The third-order valence-corrected chi connectivity index (χ3v) is 5.20. The molecule has 2 aromatic heterocycles. The fourth-order valence-electron chi connectivity index (χ4n) is 3.77. The molecule has 0 unspecified atom stereocenters. The highest BCUT2D eigenvalue weighted by Gasteiger charge is 2.24. The Hall–Kier alpha value is -3.07. The first kappa shape index (κ1) is 22.1. The van der Waals surface area contributed by atoms with Gasteiger partial charge in [-0.2, -0.15) is 0 Å². The van der Waals surface area contributed by atoms with Crippen LogP contribution in [0.2, 0.25) is 0 Å². The Bertz CT molecular complexity index is 1000. The van der Waals surface area contributed by atoms with Gasteiger partial charge in [0.2, 0.25) is 0 Å². The molecule has 0 bridgehead atoms. The largest absolute Gasteiger partial charge is 0.494 e. The van der Waals surface area contributed by atoms with Crippen LogP contribution in [0.1, 0.15) is 29.8 Å². The number of hydrogen-bond donors (Lipinski definition) is 1. The Kier molecular flexibility index (Phi) is 7.60. The molecule has 4 rings (SSSR count). The van der Waals surface area contributed by atoms with Crippen molar-refractivity contribution in [2.45, 2.75) is 26.2 Å². The van der Waals surface area contributed by atoms with Crippen molar-refractivity contribution in [2.75, 3.05) is 38.7 Å². The number of anilines is 2. The second-order valence-electron chi connectivity index (χ2n) is 7.57. The molecule has 1 aromatic carbocycles. The molecule has 8 nitrogen and oxygen atoms in total. The molecule has 1 N–H and O–H groups in total. The van der Waals surface area contributed by atoms with Crippen molar-refractivity contribution in [3.8, 4) is 5.75 Å². The SMILES string of the molecule is CCOc1ccc(COC)cc1CN1CCO[C@@H](c2cccc(Nc3cnccn3)n2)C1. The summed E-state index contributed by atoms with van der Waals surface area (Å²) in [7, 11) is 1.71. The Morgan fingerprint density at radius 3 is 2.94 bits per heavy atom. The number of aromatic nitrogens is 3. The predicted molar refractivity (Wildman–Crippen MR) is 122 cm³/mol. The normalized spacial score (nSPS) is 16.6. The average Bonchev–Trinajstić information content (AvgIpc) is 2.82. The van der Waals surface area contributed by atoms with Crippen LogP contribution in [-0.2, 0) is 22.6 Å². The minimum atomic E-state index is -0.106. The molecule has 0 amide bonds. The van der Waals surface area contributed by atoms with Gasteiger partial charge in [0.15, 0.2) is 0 Å². The Balaban J connectivity index is 1.46. The number of pyridine rings is 1. The van der Waals surface area contributed by atoms with Gasteiger partial charge in [-0.05, 0) is 36.8 Å². The second-order valence-corrected chi connectivity index (χ2v) is 7.57. The average molecular weight is 436 g/mol. The van der Waals surface area contributed by atoms with Crippen LogP contribution in [0.5, 0.6) is 5.75 Å². The smallest absolute Gasteiger partial charge is 0.150 e. The highest BCUT2D eigenvalue weighted by atomic mass is 16.5. The number of ether oxygens (including phenoxy) is 3. The molecule has 3 heterocycles. The van der Waals surface area contributed by atoms with Crippen molar-refractivity contribution in [1.82, 2.24) is 19.9 Å². The summed E-state index contributed by atoms with van der Waals surface area (Å²) < 4.78 is 17.2. The maximum absolute atomic E-state index is 6.07. The van der Waals surface area contributed by atoms with Gasteiger partial charge in [0, 0.05) is 44.7 Å². The van der Waals surface area contributed by atoms with Crippen LogP contribution >= 0.6 is 0 Å². The van der Waals surface area contributed by atoms with Crippen molar-refractivity contribution < 1.29 is 14.2 Å². The van der Waals surface area contributed by atoms with Gasteiger partial charge in [-0.15, -0.1) is 0 Å². The quantitative estimate of drug-likeness (QED) is 0.544. The summed E-state index contributed by atoms with van der Waals surface area (Å²) >= 11 is 0. The van der Waals surface area contributed by atoms with E-state index in [0.717, 1.165) is 48.0 Å². The first-order valence-corrected chi connectivity index (χ1v) is 10.8. The molecule has 1 aliphatic rings. The third-order valence-electron chi connectivity index (χ3n) is 5.20. The van der Waals surface area contributed by atoms with Crippen molar-refractivity contribution in [1.29, 1.82) is 0 Å². The van der Waals surface area contributed by atoms with Crippen LogP contribution in [0.4, 0.5) is 11.6 Å². The minimum Gasteiger partial charge on any atom is -0.494 e. The highest BCUT2D eigenvalue weighted by molar-refractivity contribution is 5.50. The Labute approximate surface area is 188 Å². The summed E-state index contributed by atoms with van der Waals surface area (Å²) in [6.07, 6.45) is 4.85. The molecule has 0 spiro atoms. The zero-order chi connectivity index (χ0) is 22.2. The highest BCUT2D eigenvalue weighted by Crippen LogP contribution is 2.27. The van der Waals surface area contributed by atoms with Crippen LogP contribution in [-0.4, -0.2) is 53.3 Å². The van der Waals surface area contributed by atoms with E-state index in [4.69, 9.17) is 19.2 Å². The fourth-order valence-corrected chi connectivity index (χ4v) is 3.77. The van der Waals surface area contributed by atoms with Crippen molar-refractivity contribution in [3.05, 3.63) is 71.8 Å². The summed E-state index contributed by atoms with van der Waals surface area (Å²) in [6, 6.07) is 12.1. The first-order valence-electron chi connectivity index (χ1n) is 10.8. The van der Waals surface area contributed by atoms with Crippen LogP contribution in [0.3, 0.4) is 0 Å². The lowest BCUT2D eigenvalue weighted by Gasteiger charge is -2.33. The van der Waals surface area contributed by atoms with E-state index in [1.165, 1.54) is 0 Å². The summed E-state index contributed by atoms with van der Waals surface area (Å²) in [6.45, 7) is 6.26. The van der Waals surface area contributed by atoms with Gasteiger partial charge in [-0.25, -0.2) is 9.97 Å². The number of benzene rings is 1. The van der Waals surface area contributed by atoms with Crippen LogP contribution in [0, 0.1) is 0 Å². The van der Waals surface area contributed by atoms with E-state index >= 15 is 0 Å². The van der Waals surface area contributed by atoms with E-state index in [0.29, 0.717) is 25.6 Å². The van der Waals surface area contributed by atoms with E-state index in [1.807, 2.05) is 31.2 Å². The van der Waals surface area contributed by atoms with Gasteiger partial charge in [0.1, 0.15) is 23.5 Å². The van der Waals surface area contributed by atoms with Crippen molar-refractivity contribution in [3.63, 3.8) is 0 Å². The van der Waals surface area contributed by atoms with Gasteiger partial charge in [0.05, 0.1) is 31.7 Å². The molecule has 0 radical (unpaired) electrons. The fraction of sp³-hybridized carbons (Fsp3) is 0.375. The summed E-state index contributed by atoms with van der Waals surface area (Å²) in [5.74, 6) is 2.29. The molecule has 32 heavy (non-hydrogen) atoms. The van der Waals surface area contributed by atoms with E-state index in [-0.39, 0.29) is 6.10 Å². The van der Waals surface area contributed by atoms with Gasteiger partial charge in [0.25, 0.3) is 0 Å². The summed E-state index contributed by atoms with van der Waals surface area (Å²) in [5, 5.41) is 3.19. The molecule has 168 valence electrons. The molecule has 0 aliphatic carbocycles. The number of morpholine rings is 1. The molecule has 1 aliphatic heterocycles. The molecule has 1 atom stereocenters. The standard InChI is InChI=1S/C24H29N5O3/c1-3-31-21-8-7-18(17-30-2)13-19(21)15-29-11-12-32-22(16-29)20-5-4-6-23(27-20)28-24-14-25-9-10-26-24/h4-10,13-14,22H,3,11-12,15-17H2,1-2H3,(H,26,27,28)/t22-/m1/s1. The van der Waals surface area contributed by atoms with Gasteiger partial charge in [-0.1, -0.05) is 12.1 Å². The zero-order valence-corrected chi connectivity index (χ0v) is 18.5. The van der Waals surface area contributed by atoms with Crippen LogP contribution in [0.25, 0.3) is 0 Å². The number of hydrogen-bond acceptors (Lipinski definition) is 8. The zero-order valence-electron chi connectivity index (χ0n) is 18.5.